The van der Waals surface area contributed by atoms with Crippen molar-refractivity contribution in [2.45, 2.75) is 26.8 Å². The molecule has 0 bridgehead atoms. The Balaban J connectivity index is 2.12. The number of Topliss-reactive ketones (excluding diaryl/α,β-unsaturated/α-hetero) is 1. The third-order valence-corrected chi connectivity index (χ3v) is 5.51. The first kappa shape index (κ1) is 24.9. The number of methoxy groups -OCH3 is 1. The molecule has 0 saturated carbocycles. The van der Waals surface area contributed by atoms with Crippen LogP contribution in [0.5, 0.6) is 5.75 Å². The van der Waals surface area contributed by atoms with Gasteiger partial charge in [-0.1, -0.05) is 26.0 Å². The van der Waals surface area contributed by atoms with Crippen molar-refractivity contribution in [1.82, 2.24) is 4.90 Å². The largest absolute Gasteiger partial charge is 0.507 e. The molecule has 1 amide bonds. The van der Waals surface area contributed by atoms with Crippen LogP contribution >= 0.6 is 0 Å². The fourth-order valence-electron chi connectivity index (χ4n) is 3.85. The van der Waals surface area contributed by atoms with E-state index in [9.17, 15) is 24.8 Å². The zero-order chi connectivity index (χ0) is 25.0. The molecule has 0 aromatic heterocycles. The molecular formula is C25H28N2O7. The van der Waals surface area contributed by atoms with Gasteiger partial charge in [-0.05, 0) is 42.2 Å². The lowest BCUT2D eigenvalue weighted by Gasteiger charge is -2.25. The van der Waals surface area contributed by atoms with Gasteiger partial charge in [0.15, 0.2) is 0 Å². The first-order valence-corrected chi connectivity index (χ1v) is 10.9. The van der Waals surface area contributed by atoms with Crippen molar-refractivity contribution < 1.29 is 29.1 Å². The first-order valence-electron chi connectivity index (χ1n) is 10.9. The molecule has 9 heteroatoms. The fourth-order valence-corrected chi connectivity index (χ4v) is 3.85. The van der Waals surface area contributed by atoms with E-state index in [2.05, 4.69) is 0 Å². The minimum atomic E-state index is -0.994. The number of nitro groups is 1. The molecule has 9 nitrogen and oxygen atoms in total. The summed E-state index contributed by atoms with van der Waals surface area (Å²) >= 11 is 0. The maximum Gasteiger partial charge on any atom is 0.295 e. The molecule has 1 unspecified atom stereocenters. The molecule has 0 spiro atoms. The summed E-state index contributed by atoms with van der Waals surface area (Å²) in [6, 6.07) is 9.78. The van der Waals surface area contributed by atoms with Gasteiger partial charge in [0.25, 0.3) is 17.4 Å². The van der Waals surface area contributed by atoms with Gasteiger partial charge in [-0.2, -0.15) is 0 Å². The third kappa shape index (κ3) is 5.09. The lowest BCUT2D eigenvalue weighted by molar-refractivity contribution is -0.384. The Hall–Kier alpha value is -3.72. The molecular weight excluding hydrogens is 440 g/mol. The minimum absolute atomic E-state index is 0.0756. The number of rotatable bonds is 9. The quantitative estimate of drug-likeness (QED) is 0.194. The topological polar surface area (TPSA) is 119 Å². The molecule has 1 saturated heterocycles. The van der Waals surface area contributed by atoms with Crippen molar-refractivity contribution in [1.29, 1.82) is 0 Å². The van der Waals surface area contributed by atoms with Gasteiger partial charge in [0.2, 0.25) is 0 Å². The number of nitro benzene ring substituents is 1. The van der Waals surface area contributed by atoms with E-state index in [1.165, 1.54) is 30.2 Å². The second-order valence-electron chi connectivity index (χ2n) is 8.52. The summed E-state index contributed by atoms with van der Waals surface area (Å²) in [4.78, 5) is 38.0. The summed E-state index contributed by atoms with van der Waals surface area (Å²) < 4.78 is 10.8. The number of benzene rings is 2. The number of ketones is 1. The van der Waals surface area contributed by atoms with Crippen LogP contribution in [-0.2, 0) is 14.3 Å². The fraction of sp³-hybridized carbons (Fsp3) is 0.360. The number of non-ortho nitro benzene ring substituents is 1. The molecule has 1 N–H and O–H groups in total. The summed E-state index contributed by atoms with van der Waals surface area (Å²) in [5, 5.41) is 22.5. The van der Waals surface area contributed by atoms with Crippen molar-refractivity contribution in [2.75, 3.05) is 26.9 Å². The predicted molar refractivity (Wildman–Crippen MR) is 125 cm³/mol. The van der Waals surface area contributed by atoms with Crippen LogP contribution in [0.4, 0.5) is 5.69 Å². The van der Waals surface area contributed by atoms with Crippen LogP contribution in [0, 0.1) is 23.0 Å². The summed E-state index contributed by atoms with van der Waals surface area (Å²) in [5.41, 5.74) is 1.07. The van der Waals surface area contributed by atoms with Crippen LogP contribution < -0.4 is 4.74 Å². The van der Waals surface area contributed by atoms with Crippen LogP contribution in [-0.4, -0.2) is 53.5 Å². The van der Waals surface area contributed by atoms with Gasteiger partial charge in [0.1, 0.15) is 11.5 Å². The molecule has 1 fully saturated rings. The maximum atomic E-state index is 13.0. The van der Waals surface area contributed by atoms with E-state index >= 15 is 0 Å². The van der Waals surface area contributed by atoms with E-state index < -0.39 is 22.7 Å². The Morgan fingerprint density at radius 2 is 1.94 bits per heavy atom. The van der Waals surface area contributed by atoms with Gasteiger partial charge >= 0.3 is 0 Å². The first-order chi connectivity index (χ1) is 16.1. The normalized spacial score (nSPS) is 17.4. The number of amides is 1. The molecule has 1 aliphatic heterocycles. The van der Waals surface area contributed by atoms with Crippen molar-refractivity contribution >= 4 is 23.1 Å². The van der Waals surface area contributed by atoms with E-state index in [0.717, 1.165) is 0 Å². The van der Waals surface area contributed by atoms with Gasteiger partial charge in [-0.25, -0.2) is 0 Å². The third-order valence-electron chi connectivity index (χ3n) is 5.51. The lowest BCUT2D eigenvalue weighted by Crippen LogP contribution is -2.32. The number of aliphatic hydroxyl groups is 1. The molecule has 34 heavy (non-hydrogen) atoms. The highest BCUT2D eigenvalue weighted by Crippen LogP contribution is 2.40. The van der Waals surface area contributed by atoms with Crippen LogP contribution in [0.3, 0.4) is 0 Å². The zero-order valence-corrected chi connectivity index (χ0v) is 19.6. The minimum Gasteiger partial charge on any atom is -0.507 e. The monoisotopic (exact) mass is 468 g/mol. The SMILES string of the molecule is COCCN1C(=O)C(=O)/C(=C(\O)c2ccc(OCC(C)C)cc2C)C1c1cccc([N+](=O)[O-])c1. The molecule has 0 radical (unpaired) electrons. The maximum absolute atomic E-state index is 13.0. The van der Waals surface area contributed by atoms with Crippen molar-refractivity contribution in [2.24, 2.45) is 5.92 Å². The van der Waals surface area contributed by atoms with E-state index in [1.807, 2.05) is 13.8 Å². The highest BCUT2D eigenvalue weighted by Gasteiger charge is 2.46. The lowest BCUT2D eigenvalue weighted by atomic mass is 9.93. The summed E-state index contributed by atoms with van der Waals surface area (Å²) in [6.45, 7) is 6.58. The number of ether oxygens (including phenoxy) is 2. The Bertz CT molecular complexity index is 1140. The highest BCUT2D eigenvalue weighted by atomic mass is 16.6. The van der Waals surface area contributed by atoms with E-state index in [-0.39, 0.29) is 30.2 Å². The van der Waals surface area contributed by atoms with Crippen LogP contribution in [0.1, 0.15) is 36.6 Å². The Labute approximate surface area is 197 Å². The van der Waals surface area contributed by atoms with Crippen LogP contribution in [0.2, 0.25) is 0 Å². The number of nitrogens with zero attached hydrogens (tertiary/aromatic N) is 2. The Morgan fingerprint density at radius 3 is 2.56 bits per heavy atom. The zero-order valence-electron chi connectivity index (χ0n) is 19.6. The molecule has 180 valence electrons. The van der Waals surface area contributed by atoms with Gasteiger partial charge in [-0.3, -0.25) is 19.7 Å². The molecule has 0 aliphatic carbocycles. The summed E-state index contributed by atoms with van der Waals surface area (Å²) in [7, 11) is 1.46. The van der Waals surface area contributed by atoms with Crippen molar-refractivity contribution in [3.63, 3.8) is 0 Å². The molecule has 1 heterocycles. The van der Waals surface area contributed by atoms with E-state index in [0.29, 0.717) is 35.0 Å². The van der Waals surface area contributed by atoms with Gasteiger partial charge in [-0.15, -0.1) is 0 Å². The molecule has 3 rings (SSSR count). The van der Waals surface area contributed by atoms with Gasteiger partial charge in [0, 0.05) is 31.4 Å². The highest BCUT2D eigenvalue weighted by molar-refractivity contribution is 6.46. The number of aryl methyl sites for hydroxylation is 1. The second-order valence-corrected chi connectivity index (χ2v) is 8.52. The molecule has 2 aromatic carbocycles. The number of likely N-dealkylation sites (tertiary alicyclic amines) is 1. The van der Waals surface area contributed by atoms with Gasteiger partial charge in [0.05, 0.1) is 29.8 Å². The average molecular weight is 469 g/mol. The Kier molecular flexibility index (Phi) is 7.68. The number of hydrogen-bond acceptors (Lipinski definition) is 7. The summed E-state index contributed by atoms with van der Waals surface area (Å²) in [5.74, 6) is -1.04. The van der Waals surface area contributed by atoms with E-state index in [4.69, 9.17) is 9.47 Å². The number of carbonyl (C=O) groups excluding carboxylic acids is 2. The van der Waals surface area contributed by atoms with Crippen LogP contribution in [0.25, 0.3) is 5.76 Å². The molecule has 2 aromatic rings. The standard InChI is InChI=1S/C25H28N2O7/c1-15(2)14-34-19-8-9-20(16(3)12-19)23(28)21-22(17-6-5-7-18(13-17)27(31)32)26(10-11-33-4)25(30)24(21)29/h5-9,12-13,15,22,28H,10-11,14H2,1-4H3/b23-21-. The van der Waals surface area contributed by atoms with Crippen molar-refractivity contribution in [3.05, 3.63) is 74.8 Å². The predicted octanol–water partition coefficient (Wildman–Crippen LogP) is 4.01. The summed E-state index contributed by atoms with van der Waals surface area (Å²) in [6.07, 6.45) is 0. The molecule has 1 atom stereocenters. The van der Waals surface area contributed by atoms with Crippen LogP contribution in [0.15, 0.2) is 48.0 Å². The van der Waals surface area contributed by atoms with Crippen molar-refractivity contribution in [3.8, 4) is 5.75 Å². The number of carbonyl (C=O) groups is 2. The molecule has 1 aliphatic rings. The van der Waals surface area contributed by atoms with Gasteiger partial charge < -0.3 is 19.5 Å². The Morgan fingerprint density at radius 1 is 1.21 bits per heavy atom. The van der Waals surface area contributed by atoms with E-state index in [1.54, 1.807) is 31.2 Å². The smallest absolute Gasteiger partial charge is 0.295 e. The second kappa shape index (κ2) is 10.5. The average Bonchev–Trinajstić information content (AvgIpc) is 3.06. The number of aliphatic hydroxyl groups excluding tert-OH is 1. The number of hydrogen-bond donors (Lipinski definition) is 1.